The summed E-state index contributed by atoms with van der Waals surface area (Å²) >= 11 is 2.19. The molecule has 5 nitrogen and oxygen atoms in total. The van der Waals surface area contributed by atoms with Crippen LogP contribution < -0.4 is 14.2 Å². The largest absolute Gasteiger partial charge is 0.454 e. The van der Waals surface area contributed by atoms with E-state index in [4.69, 9.17) is 9.47 Å². The predicted octanol–water partition coefficient (Wildman–Crippen LogP) is 1.44. The van der Waals surface area contributed by atoms with Gasteiger partial charge in [-0.1, -0.05) is 28.7 Å². The molecular formula is C10H12INO4S. The molecule has 1 N–H and O–H groups in total. The molecule has 1 heterocycles. The number of benzene rings is 1. The number of hydrogen-bond acceptors (Lipinski definition) is 4. The lowest BCUT2D eigenvalue weighted by Gasteiger charge is -2.11. The van der Waals surface area contributed by atoms with Crippen LogP contribution in [0.3, 0.4) is 0 Å². The van der Waals surface area contributed by atoms with Crippen molar-refractivity contribution in [2.24, 2.45) is 0 Å². The topological polar surface area (TPSA) is 64.6 Å². The van der Waals surface area contributed by atoms with Crippen molar-refractivity contribution in [1.82, 2.24) is 4.72 Å². The Morgan fingerprint density at radius 2 is 2.12 bits per heavy atom. The van der Waals surface area contributed by atoms with Gasteiger partial charge < -0.3 is 9.47 Å². The maximum absolute atomic E-state index is 11.0. The smallest absolute Gasteiger partial charge is 0.231 e. The SMILES string of the molecule is CS(=O)(=O)NCC(I)c1ccc2c(c1)OCO2. The van der Waals surface area contributed by atoms with Crippen molar-refractivity contribution in [2.45, 2.75) is 3.92 Å². The summed E-state index contributed by atoms with van der Waals surface area (Å²) in [4.78, 5) is 0. The summed E-state index contributed by atoms with van der Waals surface area (Å²) < 4.78 is 35.0. The average molecular weight is 369 g/mol. The van der Waals surface area contributed by atoms with E-state index >= 15 is 0 Å². The van der Waals surface area contributed by atoms with E-state index in [1.165, 1.54) is 0 Å². The monoisotopic (exact) mass is 369 g/mol. The van der Waals surface area contributed by atoms with E-state index in [-0.39, 0.29) is 10.7 Å². The zero-order chi connectivity index (χ0) is 12.5. The maximum Gasteiger partial charge on any atom is 0.231 e. The van der Waals surface area contributed by atoms with Gasteiger partial charge >= 0.3 is 0 Å². The third kappa shape index (κ3) is 3.46. The highest BCUT2D eigenvalue weighted by Gasteiger charge is 2.17. The Labute approximate surface area is 114 Å². The zero-order valence-corrected chi connectivity index (χ0v) is 12.1. The van der Waals surface area contributed by atoms with Crippen LogP contribution in [0, 0.1) is 0 Å². The molecule has 1 atom stereocenters. The molecule has 17 heavy (non-hydrogen) atoms. The van der Waals surface area contributed by atoms with Gasteiger partial charge in [-0.05, 0) is 17.7 Å². The normalized spacial score (nSPS) is 15.9. The molecule has 0 aliphatic carbocycles. The lowest BCUT2D eigenvalue weighted by Crippen LogP contribution is -2.25. The number of rotatable bonds is 4. The molecule has 2 rings (SSSR count). The molecule has 1 aliphatic heterocycles. The van der Waals surface area contributed by atoms with Crippen LogP contribution in [0.2, 0.25) is 0 Å². The highest BCUT2D eigenvalue weighted by atomic mass is 127. The first kappa shape index (κ1) is 12.9. The minimum Gasteiger partial charge on any atom is -0.454 e. The molecule has 1 aliphatic rings. The third-order valence-corrected chi connectivity index (χ3v) is 4.13. The fourth-order valence-corrected chi connectivity index (χ4v) is 2.83. The van der Waals surface area contributed by atoms with Crippen LogP contribution in [0.4, 0.5) is 0 Å². The Kier molecular flexibility index (Phi) is 3.79. The molecule has 0 spiro atoms. The summed E-state index contributed by atoms with van der Waals surface area (Å²) in [6.07, 6.45) is 1.15. The Morgan fingerprint density at radius 1 is 1.41 bits per heavy atom. The summed E-state index contributed by atoms with van der Waals surface area (Å²) in [5.74, 6) is 1.44. The second kappa shape index (κ2) is 4.99. The first-order valence-electron chi connectivity index (χ1n) is 4.94. The van der Waals surface area contributed by atoms with Crippen molar-refractivity contribution in [1.29, 1.82) is 0 Å². The van der Waals surface area contributed by atoms with Crippen LogP contribution in [0.25, 0.3) is 0 Å². The molecule has 0 fully saturated rings. The Bertz CT molecular complexity index is 517. The van der Waals surface area contributed by atoms with E-state index in [0.29, 0.717) is 12.3 Å². The van der Waals surface area contributed by atoms with E-state index in [2.05, 4.69) is 27.3 Å². The molecular weight excluding hydrogens is 357 g/mol. The first-order chi connectivity index (χ1) is 7.96. The summed E-state index contributed by atoms with van der Waals surface area (Å²) in [6.45, 7) is 0.603. The van der Waals surface area contributed by atoms with Crippen molar-refractivity contribution < 1.29 is 17.9 Å². The zero-order valence-electron chi connectivity index (χ0n) is 9.14. The lowest BCUT2D eigenvalue weighted by atomic mass is 10.1. The number of hydrogen-bond donors (Lipinski definition) is 1. The van der Waals surface area contributed by atoms with E-state index < -0.39 is 10.0 Å². The molecule has 0 saturated heterocycles. The average Bonchev–Trinajstić information content (AvgIpc) is 2.71. The molecule has 0 bridgehead atoms. The van der Waals surface area contributed by atoms with Gasteiger partial charge in [0, 0.05) is 10.5 Å². The fraction of sp³-hybridized carbons (Fsp3) is 0.400. The van der Waals surface area contributed by atoms with E-state index in [9.17, 15) is 8.42 Å². The third-order valence-electron chi connectivity index (χ3n) is 2.28. The Hall–Kier alpha value is -0.540. The summed E-state index contributed by atoms with van der Waals surface area (Å²) in [5.41, 5.74) is 1.01. The van der Waals surface area contributed by atoms with E-state index in [1.807, 2.05) is 18.2 Å². The molecule has 1 aromatic rings. The van der Waals surface area contributed by atoms with Gasteiger partial charge in [0.25, 0.3) is 0 Å². The van der Waals surface area contributed by atoms with Gasteiger partial charge in [-0.15, -0.1) is 0 Å². The summed E-state index contributed by atoms with van der Waals surface area (Å²) in [7, 11) is -3.15. The van der Waals surface area contributed by atoms with Crippen LogP contribution in [0.5, 0.6) is 11.5 Å². The predicted molar refractivity (Wildman–Crippen MR) is 72.2 cm³/mol. The van der Waals surface area contributed by atoms with Gasteiger partial charge in [0.05, 0.1) is 6.26 Å². The van der Waals surface area contributed by atoms with Crippen molar-refractivity contribution in [2.75, 3.05) is 19.6 Å². The van der Waals surface area contributed by atoms with Crippen LogP contribution in [-0.4, -0.2) is 28.0 Å². The van der Waals surface area contributed by atoms with Crippen molar-refractivity contribution >= 4 is 32.6 Å². The van der Waals surface area contributed by atoms with E-state index in [1.54, 1.807) is 0 Å². The molecule has 1 unspecified atom stereocenters. The first-order valence-corrected chi connectivity index (χ1v) is 8.08. The van der Waals surface area contributed by atoms with Crippen LogP contribution >= 0.6 is 22.6 Å². The highest BCUT2D eigenvalue weighted by molar-refractivity contribution is 14.1. The lowest BCUT2D eigenvalue weighted by molar-refractivity contribution is 0.174. The van der Waals surface area contributed by atoms with Gasteiger partial charge in [0.1, 0.15) is 0 Å². The minimum absolute atomic E-state index is 0.0526. The van der Waals surface area contributed by atoms with Crippen molar-refractivity contribution in [3.63, 3.8) is 0 Å². The number of sulfonamides is 1. The van der Waals surface area contributed by atoms with Crippen molar-refractivity contribution in [3.8, 4) is 11.5 Å². The standard InChI is InChI=1S/C10H12INO4S/c1-17(13,14)12-5-8(11)7-2-3-9-10(4-7)16-6-15-9/h2-4,8,12H,5-6H2,1H3. The van der Waals surface area contributed by atoms with Gasteiger partial charge in [0.2, 0.25) is 16.8 Å². The van der Waals surface area contributed by atoms with Gasteiger partial charge in [-0.25, -0.2) is 13.1 Å². The van der Waals surface area contributed by atoms with Gasteiger partial charge in [0.15, 0.2) is 11.5 Å². The Balaban J connectivity index is 2.07. The molecule has 0 amide bonds. The number of ether oxygens (including phenoxy) is 2. The summed E-state index contributed by atoms with van der Waals surface area (Å²) in [6, 6.07) is 5.63. The number of fused-ring (bicyclic) bond motifs is 1. The quantitative estimate of drug-likeness (QED) is 0.645. The number of alkyl halides is 1. The molecule has 0 radical (unpaired) electrons. The van der Waals surface area contributed by atoms with Crippen LogP contribution in [0.15, 0.2) is 18.2 Å². The van der Waals surface area contributed by atoms with Gasteiger partial charge in [-0.2, -0.15) is 0 Å². The summed E-state index contributed by atoms with van der Waals surface area (Å²) in [5, 5.41) is 0. The molecule has 7 heteroatoms. The van der Waals surface area contributed by atoms with Crippen LogP contribution in [0.1, 0.15) is 9.49 Å². The van der Waals surface area contributed by atoms with Crippen molar-refractivity contribution in [3.05, 3.63) is 23.8 Å². The second-order valence-electron chi connectivity index (χ2n) is 3.70. The second-order valence-corrected chi connectivity index (χ2v) is 7.04. The highest BCUT2D eigenvalue weighted by Crippen LogP contribution is 2.36. The number of halogens is 1. The Morgan fingerprint density at radius 3 is 2.82 bits per heavy atom. The minimum atomic E-state index is -3.15. The molecule has 94 valence electrons. The van der Waals surface area contributed by atoms with Crippen LogP contribution in [-0.2, 0) is 10.0 Å². The van der Waals surface area contributed by atoms with E-state index in [0.717, 1.165) is 17.6 Å². The number of nitrogens with one attached hydrogen (secondary N) is 1. The molecule has 0 aromatic heterocycles. The van der Waals surface area contributed by atoms with Gasteiger partial charge in [-0.3, -0.25) is 0 Å². The maximum atomic E-state index is 11.0. The fourth-order valence-electron chi connectivity index (χ4n) is 1.45. The molecule has 1 aromatic carbocycles. The molecule has 0 saturated carbocycles.